The molecule has 0 aromatic rings. The molecule has 22 heteroatoms. The van der Waals surface area contributed by atoms with Crippen molar-refractivity contribution in [2.45, 2.75) is 101 Å². The van der Waals surface area contributed by atoms with Crippen LogP contribution in [-0.2, 0) is 47.6 Å². The number of esters is 4. The van der Waals surface area contributed by atoms with Crippen LogP contribution in [0.5, 0.6) is 0 Å². The molecule has 0 saturated carbocycles. The highest BCUT2D eigenvalue weighted by Crippen LogP contribution is 2.40. The summed E-state index contributed by atoms with van der Waals surface area (Å²) in [5.41, 5.74) is -0.732. The number of hydrogen-bond donors (Lipinski definition) is 0. The van der Waals surface area contributed by atoms with Crippen LogP contribution >= 0.6 is 0 Å². The summed E-state index contributed by atoms with van der Waals surface area (Å²) in [4.78, 5) is 46.5. The molecule has 1 aliphatic heterocycles. The van der Waals surface area contributed by atoms with Crippen LogP contribution in [0.4, 0.5) is 52.7 Å². The first-order chi connectivity index (χ1) is 20.6. The van der Waals surface area contributed by atoms with Crippen molar-refractivity contribution in [3.8, 4) is 0 Å². The van der Waals surface area contributed by atoms with Crippen molar-refractivity contribution in [3.63, 3.8) is 0 Å². The largest absolute Gasteiger partial charge is 0.490 e. The van der Waals surface area contributed by atoms with E-state index in [0.717, 1.165) is 5.57 Å². The zero-order valence-corrected chi connectivity index (χ0v) is 23.5. The first-order valence-electron chi connectivity index (χ1n) is 12.7. The van der Waals surface area contributed by atoms with E-state index in [1.54, 1.807) is 13.0 Å². The molecule has 6 atom stereocenters. The van der Waals surface area contributed by atoms with Gasteiger partial charge in [0.1, 0.15) is 12.7 Å². The van der Waals surface area contributed by atoms with E-state index in [2.05, 4.69) is 18.9 Å². The smallest absolute Gasteiger partial charge is 0.456 e. The highest BCUT2D eigenvalue weighted by atomic mass is 19.4. The third-order valence-corrected chi connectivity index (χ3v) is 6.67. The lowest BCUT2D eigenvalue weighted by molar-refractivity contribution is -0.341. The number of alkyl halides is 12. The molecule has 46 heavy (non-hydrogen) atoms. The van der Waals surface area contributed by atoms with Crippen LogP contribution < -0.4 is 0 Å². The summed E-state index contributed by atoms with van der Waals surface area (Å²) in [6.45, 7) is 2.34. The quantitative estimate of drug-likeness (QED) is 0.151. The number of hydrogen-bond acceptors (Lipinski definition) is 10. The van der Waals surface area contributed by atoms with Crippen LogP contribution in [0.25, 0.3) is 0 Å². The molecule has 2 aliphatic rings. The molecule has 1 fully saturated rings. The SMILES string of the molecule is CC1=CCC(C(C)(C)OC2OC(COC(=O)C(F)(F)F)C(OC(=O)C(F)(F)F)C(OC(=O)C(F)(F)F)C2OC(=O)C(F)(F)F)CC1. The van der Waals surface area contributed by atoms with Crippen LogP contribution in [0.1, 0.15) is 40.0 Å². The highest BCUT2D eigenvalue weighted by Gasteiger charge is 2.60. The second-order valence-electron chi connectivity index (χ2n) is 10.5. The molecular formula is C24H24F12O10. The zero-order valence-electron chi connectivity index (χ0n) is 23.5. The summed E-state index contributed by atoms with van der Waals surface area (Å²) < 4.78 is 183. The van der Waals surface area contributed by atoms with E-state index < -0.39 is 97.4 Å². The molecule has 0 amide bonds. The number of allylic oxidation sites excluding steroid dienone is 2. The van der Waals surface area contributed by atoms with Gasteiger partial charge in [0.25, 0.3) is 0 Å². The standard InChI is InChI=1S/C24H24F12O10/c1-9-4-6-10(7-5-9)20(2,3)46-15-14(45-19(40)24(34,35)36)13(44-18(39)23(31,32)33)12(43-17(38)22(28,29)30)11(42-15)8-41-16(37)21(25,26)27/h4,10-15H,5-8H2,1-3H3. The topological polar surface area (TPSA) is 124 Å². The summed E-state index contributed by atoms with van der Waals surface area (Å²) in [6, 6.07) is 0. The molecule has 0 spiro atoms. The van der Waals surface area contributed by atoms with Gasteiger partial charge in [-0.3, -0.25) is 0 Å². The van der Waals surface area contributed by atoms with Gasteiger partial charge in [0.05, 0.1) is 5.60 Å². The second-order valence-corrected chi connectivity index (χ2v) is 10.5. The van der Waals surface area contributed by atoms with Gasteiger partial charge in [0, 0.05) is 0 Å². The van der Waals surface area contributed by atoms with E-state index in [-0.39, 0.29) is 6.42 Å². The molecular weight excluding hydrogens is 676 g/mol. The molecule has 0 N–H and O–H groups in total. The summed E-state index contributed by atoms with van der Waals surface area (Å²) in [6.07, 6.45) is -36.3. The van der Waals surface area contributed by atoms with Gasteiger partial charge in [-0.2, -0.15) is 52.7 Å². The Morgan fingerprint density at radius 2 is 1.15 bits per heavy atom. The Morgan fingerprint density at radius 3 is 1.57 bits per heavy atom. The van der Waals surface area contributed by atoms with Crippen LogP contribution in [0.2, 0.25) is 0 Å². The van der Waals surface area contributed by atoms with Gasteiger partial charge in [-0.15, -0.1) is 0 Å². The lowest BCUT2D eigenvalue weighted by atomic mass is 9.79. The summed E-state index contributed by atoms with van der Waals surface area (Å²) in [5.74, 6) is -13.5. The Balaban J connectivity index is 2.71. The van der Waals surface area contributed by atoms with E-state index >= 15 is 0 Å². The predicted molar refractivity (Wildman–Crippen MR) is 120 cm³/mol. The lowest BCUT2D eigenvalue weighted by Crippen LogP contribution is -2.65. The Hall–Kier alpha value is -3.30. The maximum Gasteiger partial charge on any atom is 0.490 e. The molecule has 6 unspecified atom stereocenters. The molecule has 1 aliphatic carbocycles. The summed E-state index contributed by atoms with van der Waals surface area (Å²) >= 11 is 0. The maximum atomic E-state index is 13.2. The number of carbonyl (C=O) groups excluding carboxylic acids is 4. The predicted octanol–water partition coefficient (Wildman–Crippen LogP) is 4.78. The Bertz CT molecular complexity index is 1170. The highest BCUT2D eigenvalue weighted by molar-refractivity contribution is 5.78. The molecule has 0 aromatic carbocycles. The minimum atomic E-state index is -6.05. The minimum Gasteiger partial charge on any atom is -0.456 e. The van der Waals surface area contributed by atoms with Crippen molar-refractivity contribution in [2.75, 3.05) is 6.61 Å². The molecule has 0 aromatic heterocycles. The molecule has 1 saturated heterocycles. The zero-order chi connectivity index (χ0) is 35.6. The fourth-order valence-corrected chi connectivity index (χ4v) is 4.31. The lowest BCUT2D eigenvalue weighted by Gasteiger charge is -2.47. The van der Waals surface area contributed by atoms with Gasteiger partial charge in [-0.1, -0.05) is 11.6 Å². The van der Waals surface area contributed by atoms with E-state index in [9.17, 15) is 71.9 Å². The minimum absolute atomic E-state index is 0.212. The van der Waals surface area contributed by atoms with Crippen LogP contribution in [0.15, 0.2) is 11.6 Å². The van der Waals surface area contributed by atoms with E-state index in [0.29, 0.717) is 12.8 Å². The normalized spacial score (nSPS) is 26.5. The second kappa shape index (κ2) is 13.8. The first-order valence-corrected chi connectivity index (χ1v) is 12.7. The number of halogens is 12. The Kier molecular flexibility index (Phi) is 11.7. The average Bonchev–Trinajstić information content (AvgIpc) is 2.88. The van der Waals surface area contributed by atoms with Crippen molar-refractivity contribution in [3.05, 3.63) is 11.6 Å². The molecule has 1 heterocycles. The summed E-state index contributed by atoms with van der Waals surface area (Å²) in [7, 11) is 0. The first kappa shape index (κ1) is 38.9. The van der Waals surface area contributed by atoms with Gasteiger partial charge < -0.3 is 28.4 Å². The molecule has 2 rings (SSSR count). The molecule has 10 nitrogen and oxygen atoms in total. The van der Waals surface area contributed by atoms with Crippen molar-refractivity contribution >= 4 is 23.9 Å². The van der Waals surface area contributed by atoms with Crippen molar-refractivity contribution in [1.82, 2.24) is 0 Å². The Labute approximate surface area is 250 Å². The van der Waals surface area contributed by atoms with E-state index in [1.165, 1.54) is 13.8 Å². The van der Waals surface area contributed by atoms with Crippen LogP contribution in [-0.4, -0.2) is 91.5 Å². The monoisotopic (exact) mass is 700 g/mol. The average molecular weight is 700 g/mol. The molecule has 264 valence electrons. The van der Waals surface area contributed by atoms with Gasteiger partial charge in [-0.25, -0.2) is 19.2 Å². The fraction of sp³-hybridized carbons (Fsp3) is 0.750. The number of rotatable bonds is 8. The fourth-order valence-electron chi connectivity index (χ4n) is 4.31. The van der Waals surface area contributed by atoms with Crippen molar-refractivity contribution in [1.29, 1.82) is 0 Å². The van der Waals surface area contributed by atoms with Gasteiger partial charge in [0.2, 0.25) is 0 Å². The van der Waals surface area contributed by atoms with E-state index in [1.807, 2.05) is 0 Å². The third-order valence-electron chi connectivity index (χ3n) is 6.67. The van der Waals surface area contributed by atoms with E-state index in [4.69, 9.17) is 9.47 Å². The Morgan fingerprint density at radius 1 is 0.717 bits per heavy atom. The van der Waals surface area contributed by atoms with Crippen LogP contribution in [0, 0.1) is 5.92 Å². The van der Waals surface area contributed by atoms with Crippen molar-refractivity contribution in [2.24, 2.45) is 5.92 Å². The third kappa shape index (κ3) is 10.4. The number of ether oxygens (including phenoxy) is 6. The number of carbonyl (C=O) groups is 4. The van der Waals surface area contributed by atoms with Gasteiger partial charge >= 0.3 is 48.6 Å². The summed E-state index contributed by atoms with van der Waals surface area (Å²) in [5, 5.41) is 0. The maximum absolute atomic E-state index is 13.2. The van der Waals surface area contributed by atoms with Gasteiger partial charge in [0.15, 0.2) is 24.6 Å². The van der Waals surface area contributed by atoms with Crippen LogP contribution in [0.3, 0.4) is 0 Å². The van der Waals surface area contributed by atoms with Crippen molar-refractivity contribution < 1.29 is 100 Å². The molecule has 0 radical (unpaired) electrons. The molecule has 0 bridgehead atoms. The van der Waals surface area contributed by atoms with Gasteiger partial charge in [-0.05, 0) is 46.0 Å².